The highest BCUT2D eigenvalue weighted by atomic mass is 16.6. The maximum atomic E-state index is 13.3. The van der Waals surface area contributed by atoms with Crippen LogP contribution in [-0.2, 0) is 14.2 Å². The lowest BCUT2D eigenvalue weighted by Crippen LogP contribution is -2.45. The minimum atomic E-state index is -0.624. The predicted molar refractivity (Wildman–Crippen MR) is 145 cm³/mol. The van der Waals surface area contributed by atoms with Gasteiger partial charge in [-0.3, -0.25) is 0 Å². The number of rotatable bonds is 10. The summed E-state index contributed by atoms with van der Waals surface area (Å²) in [4.78, 5) is 27.6. The Morgan fingerprint density at radius 2 is 1.89 bits per heavy atom. The Morgan fingerprint density at radius 1 is 1.11 bits per heavy atom. The lowest BCUT2D eigenvalue weighted by Gasteiger charge is -2.40. The molecule has 3 rings (SSSR count). The van der Waals surface area contributed by atoms with Gasteiger partial charge in [-0.1, -0.05) is 18.2 Å². The summed E-state index contributed by atoms with van der Waals surface area (Å²) in [5.41, 5.74) is 0.733. The summed E-state index contributed by atoms with van der Waals surface area (Å²) >= 11 is 0. The maximum Gasteiger partial charge on any atom is 0.410 e. The number of esters is 1. The molecule has 1 heterocycles. The van der Waals surface area contributed by atoms with Crippen LogP contribution in [0, 0.1) is 0 Å². The van der Waals surface area contributed by atoms with Gasteiger partial charge in [0.05, 0.1) is 38.0 Å². The van der Waals surface area contributed by atoms with E-state index in [1.165, 1.54) is 7.11 Å². The van der Waals surface area contributed by atoms with E-state index in [4.69, 9.17) is 18.9 Å². The molecule has 1 aliphatic rings. The van der Waals surface area contributed by atoms with Gasteiger partial charge in [-0.05, 0) is 87.1 Å². The summed E-state index contributed by atoms with van der Waals surface area (Å²) in [5.74, 6) is 0.273. The number of nitrogens with zero attached hydrogens (tertiary/aromatic N) is 1. The zero-order valence-electron chi connectivity index (χ0n) is 22.5. The fourth-order valence-corrected chi connectivity index (χ4v) is 4.56. The fourth-order valence-electron chi connectivity index (χ4n) is 4.56. The molecule has 7 nitrogen and oxygen atoms in total. The number of hydrogen-bond acceptors (Lipinski definition) is 6. The van der Waals surface area contributed by atoms with E-state index in [9.17, 15) is 9.59 Å². The third-order valence-electron chi connectivity index (χ3n) is 6.24. The number of allylic oxidation sites excluding steroid dienone is 1. The van der Waals surface area contributed by atoms with Gasteiger partial charge >= 0.3 is 12.1 Å². The molecular weight excluding hydrogens is 470 g/mol. The highest BCUT2D eigenvalue weighted by molar-refractivity contribution is 6.06. The normalized spacial score (nSPS) is 17.8. The molecule has 0 spiro atoms. The molecule has 7 heteroatoms. The highest BCUT2D eigenvalue weighted by Crippen LogP contribution is 2.39. The predicted octanol–water partition coefficient (Wildman–Crippen LogP) is 6.61. The Morgan fingerprint density at radius 3 is 2.57 bits per heavy atom. The molecule has 2 aromatic rings. The first-order valence-corrected chi connectivity index (χ1v) is 12.8. The first-order valence-electron chi connectivity index (χ1n) is 12.8. The van der Waals surface area contributed by atoms with Crippen LogP contribution in [0.15, 0.2) is 55.6 Å². The van der Waals surface area contributed by atoms with Gasteiger partial charge in [0.2, 0.25) is 0 Å². The number of carbonyl (C=O) groups is 2. The number of fused-ring (bicyclic) bond motifs is 1. The number of ether oxygens (including phenoxy) is 4. The second-order valence-corrected chi connectivity index (χ2v) is 10.1. The van der Waals surface area contributed by atoms with Gasteiger partial charge in [0.25, 0.3) is 0 Å². The van der Waals surface area contributed by atoms with Gasteiger partial charge in [0.15, 0.2) is 0 Å². The topological polar surface area (TPSA) is 74.3 Å². The van der Waals surface area contributed by atoms with Gasteiger partial charge in [-0.15, -0.1) is 13.2 Å². The standard InChI is InChI=1S/C30H39NO6/c1-7-9-10-18-36-21-11-12-23-25(28(32)34-6)14-13-24(26(23)19-21)27-20-22(35-17-8-2)15-16-31(27)29(33)37-30(3,4)5/h7-8,11-14,19,22,27H,1-2,9-10,15-18,20H2,3-6H3/t22?,27-/m1/s1. The van der Waals surface area contributed by atoms with Crippen molar-refractivity contribution in [1.29, 1.82) is 0 Å². The average molecular weight is 510 g/mol. The molecule has 0 bridgehead atoms. The van der Waals surface area contributed by atoms with E-state index >= 15 is 0 Å². The molecule has 0 aromatic heterocycles. The monoisotopic (exact) mass is 509 g/mol. The van der Waals surface area contributed by atoms with Crippen LogP contribution in [0.25, 0.3) is 10.8 Å². The van der Waals surface area contributed by atoms with Crippen molar-refractivity contribution < 1.29 is 28.5 Å². The fraction of sp³-hybridized carbons (Fsp3) is 0.467. The van der Waals surface area contributed by atoms with Gasteiger partial charge in [-0.2, -0.15) is 0 Å². The van der Waals surface area contributed by atoms with E-state index in [-0.39, 0.29) is 18.2 Å². The molecular formula is C30H39NO6. The lowest BCUT2D eigenvalue weighted by atomic mass is 9.88. The van der Waals surface area contributed by atoms with Crippen molar-refractivity contribution in [2.24, 2.45) is 0 Å². The Labute approximate surface area is 220 Å². The smallest absolute Gasteiger partial charge is 0.410 e. The van der Waals surface area contributed by atoms with Crippen molar-refractivity contribution in [2.75, 3.05) is 26.9 Å². The largest absolute Gasteiger partial charge is 0.494 e. The Bertz CT molecular complexity index is 1120. The molecule has 37 heavy (non-hydrogen) atoms. The number of benzene rings is 2. The van der Waals surface area contributed by atoms with Crippen molar-refractivity contribution in [1.82, 2.24) is 4.90 Å². The molecule has 200 valence electrons. The maximum absolute atomic E-state index is 13.3. The molecule has 2 atom stereocenters. The van der Waals surface area contributed by atoms with Crippen molar-refractivity contribution in [3.63, 3.8) is 0 Å². The third kappa shape index (κ3) is 7.35. The molecule has 2 aromatic carbocycles. The van der Waals surface area contributed by atoms with Crippen LogP contribution in [0.5, 0.6) is 5.75 Å². The molecule has 0 N–H and O–H groups in total. The number of piperidine rings is 1. The van der Waals surface area contributed by atoms with Gasteiger partial charge < -0.3 is 23.8 Å². The van der Waals surface area contributed by atoms with E-state index in [1.807, 2.05) is 51.1 Å². The lowest BCUT2D eigenvalue weighted by molar-refractivity contribution is -0.0251. The zero-order valence-corrected chi connectivity index (χ0v) is 22.5. The number of likely N-dealkylation sites (tertiary alicyclic amines) is 1. The number of hydrogen-bond donors (Lipinski definition) is 0. The molecule has 1 unspecified atom stereocenters. The van der Waals surface area contributed by atoms with Crippen LogP contribution in [0.4, 0.5) is 4.79 Å². The summed E-state index contributed by atoms with van der Waals surface area (Å²) in [7, 11) is 1.37. The molecule has 0 radical (unpaired) electrons. The van der Waals surface area contributed by atoms with Crippen LogP contribution in [0.1, 0.15) is 68.4 Å². The van der Waals surface area contributed by atoms with Crippen molar-refractivity contribution in [3.8, 4) is 5.75 Å². The summed E-state index contributed by atoms with van der Waals surface area (Å²) in [6.07, 6.45) is 6.18. The summed E-state index contributed by atoms with van der Waals surface area (Å²) < 4.78 is 22.8. The summed E-state index contributed by atoms with van der Waals surface area (Å²) in [6.45, 7) is 14.6. The van der Waals surface area contributed by atoms with Crippen LogP contribution >= 0.6 is 0 Å². The molecule has 1 amide bonds. The number of methoxy groups -OCH3 is 1. The van der Waals surface area contributed by atoms with Crippen LogP contribution in [-0.4, -0.2) is 55.5 Å². The van der Waals surface area contributed by atoms with Crippen LogP contribution in [0.3, 0.4) is 0 Å². The Balaban J connectivity index is 2.08. The Hall–Kier alpha value is -3.32. The van der Waals surface area contributed by atoms with Gasteiger partial charge in [0, 0.05) is 6.54 Å². The van der Waals surface area contributed by atoms with Crippen molar-refractivity contribution in [2.45, 2.75) is 64.2 Å². The average Bonchev–Trinajstić information content (AvgIpc) is 2.87. The van der Waals surface area contributed by atoms with Crippen molar-refractivity contribution in [3.05, 3.63) is 66.8 Å². The number of carbonyl (C=O) groups excluding carboxylic acids is 2. The number of amides is 1. The van der Waals surface area contributed by atoms with Crippen molar-refractivity contribution >= 4 is 22.8 Å². The summed E-state index contributed by atoms with van der Waals surface area (Å²) in [6, 6.07) is 9.01. The van der Waals surface area contributed by atoms with Gasteiger partial charge in [0.1, 0.15) is 11.4 Å². The van der Waals surface area contributed by atoms with Crippen LogP contribution in [0.2, 0.25) is 0 Å². The molecule has 0 aliphatic carbocycles. The second-order valence-electron chi connectivity index (χ2n) is 10.1. The molecule has 1 aliphatic heterocycles. The van der Waals surface area contributed by atoms with Crippen LogP contribution < -0.4 is 4.74 Å². The molecule has 1 saturated heterocycles. The van der Waals surface area contributed by atoms with E-state index in [1.54, 1.807) is 17.0 Å². The summed E-state index contributed by atoms with van der Waals surface area (Å²) in [5, 5.41) is 1.56. The molecule has 0 saturated carbocycles. The van der Waals surface area contributed by atoms with E-state index in [2.05, 4.69) is 13.2 Å². The molecule has 1 fully saturated rings. The van der Waals surface area contributed by atoms with E-state index in [0.717, 1.165) is 29.2 Å². The van der Waals surface area contributed by atoms with E-state index in [0.29, 0.717) is 43.9 Å². The quantitative estimate of drug-likeness (QED) is 0.204. The third-order valence-corrected chi connectivity index (χ3v) is 6.24. The SMILES string of the molecule is C=CCCCOc1ccc2c(C(=O)OC)ccc([C@H]3CC(OCC=C)CCN3C(=O)OC(C)(C)C)c2c1. The Kier molecular flexibility index (Phi) is 9.75. The first kappa shape index (κ1) is 28.3. The zero-order chi connectivity index (χ0) is 27.0. The van der Waals surface area contributed by atoms with E-state index < -0.39 is 11.6 Å². The second kappa shape index (κ2) is 12.8. The van der Waals surface area contributed by atoms with Gasteiger partial charge in [-0.25, -0.2) is 9.59 Å². The highest BCUT2D eigenvalue weighted by Gasteiger charge is 2.36. The minimum absolute atomic E-state index is 0.0460. The minimum Gasteiger partial charge on any atom is -0.494 e. The number of unbranched alkanes of at least 4 members (excludes halogenated alkanes) is 1. The first-order chi connectivity index (χ1) is 17.7.